The minimum atomic E-state index is -1.18. The molecule has 4 aliphatic carbocycles. The molecule has 4 aliphatic rings. The van der Waals surface area contributed by atoms with E-state index in [1.54, 1.807) is 25.5 Å². The Morgan fingerprint density at radius 3 is 2.57 bits per heavy atom. The first-order valence-corrected chi connectivity index (χ1v) is 13.5. The van der Waals surface area contributed by atoms with Gasteiger partial charge in [-0.1, -0.05) is 18.2 Å². The van der Waals surface area contributed by atoms with Crippen molar-refractivity contribution in [2.75, 3.05) is 6.54 Å². The second-order valence-corrected chi connectivity index (χ2v) is 11.5. The third-order valence-corrected chi connectivity index (χ3v) is 8.76. The molecule has 0 radical (unpaired) electrons. The number of ether oxygens (including phenoxy) is 1. The number of hydrogen-bond donors (Lipinski definition) is 3. The lowest BCUT2D eigenvalue weighted by Crippen LogP contribution is -2.60. The zero-order valence-electron chi connectivity index (χ0n) is 21.3. The van der Waals surface area contributed by atoms with Gasteiger partial charge in [0.05, 0.1) is 5.69 Å². The summed E-state index contributed by atoms with van der Waals surface area (Å²) in [6.45, 7) is 2.18. The van der Waals surface area contributed by atoms with Gasteiger partial charge < -0.3 is 20.4 Å². The Balaban J connectivity index is 1.17. The normalized spacial score (nSPS) is 27.5. The number of benzene rings is 1. The fraction of sp³-hybridized carbons (Fsp3) is 0.517. The van der Waals surface area contributed by atoms with E-state index < -0.39 is 11.6 Å². The number of carbonyl (C=O) groups excluding carboxylic acids is 2. The third-order valence-electron chi connectivity index (χ3n) is 8.76. The van der Waals surface area contributed by atoms with Crippen LogP contribution < -0.4 is 10.6 Å². The van der Waals surface area contributed by atoms with E-state index >= 15 is 0 Å². The largest absolute Gasteiger partial charge is 0.446 e. The number of carbonyl (C=O) groups is 2. The maximum absolute atomic E-state index is 13.6. The maximum atomic E-state index is 13.6. The van der Waals surface area contributed by atoms with Gasteiger partial charge in [-0.3, -0.25) is 14.8 Å². The van der Waals surface area contributed by atoms with Crippen molar-refractivity contribution >= 4 is 22.9 Å². The van der Waals surface area contributed by atoms with Crippen LogP contribution >= 0.6 is 0 Å². The predicted molar refractivity (Wildman–Crippen MR) is 140 cm³/mol. The Bertz CT molecular complexity index is 1250. The van der Waals surface area contributed by atoms with Gasteiger partial charge in [0.2, 0.25) is 5.91 Å². The average Bonchev–Trinajstić information content (AvgIpc) is 3.29. The van der Waals surface area contributed by atoms with Crippen LogP contribution in [0.3, 0.4) is 0 Å². The topological polar surface area (TPSA) is 109 Å². The van der Waals surface area contributed by atoms with Crippen molar-refractivity contribution in [3.05, 3.63) is 60.3 Å². The van der Waals surface area contributed by atoms with Gasteiger partial charge >= 0.3 is 6.09 Å². The average molecular weight is 502 g/mol. The molecular formula is C29H35N5O3. The molecule has 2 aromatic heterocycles. The van der Waals surface area contributed by atoms with Crippen LogP contribution in [-0.4, -0.2) is 45.1 Å². The molecule has 194 valence electrons. The van der Waals surface area contributed by atoms with Crippen molar-refractivity contribution in [2.24, 2.45) is 23.7 Å². The van der Waals surface area contributed by atoms with Gasteiger partial charge in [0.15, 0.2) is 0 Å². The molecule has 4 saturated carbocycles. The van der Waals surface area contributed by atoms with Crippen LogP contribution in [0.2, 0.25) is 0 Å². The molecule has 8 nitrogen and oxygen atoms in total. The van der Waals surface area contributed by atoms with E-state index in [-0.39, 0.29) is 12.0 Å². The number of H-pyrrole nitrogens is 1. The Morgan fingerprint density at radius 2 is 1.84 bits per heavy atom. The lowest BCUT2D eigenvalue weighted by molar-refractivity contribution is -0.127. The summed E-state index contributed by atoms with van der Waals surface area (Å²) in [5.74, 6) is 2.28. The van der Waals surface area contributed by atoms with E-state index in [0.29, 0.717) is 31.2 Å². The summed E-state index contributed by atoms with van der Waals surface area (Å²) in [4.78, 5) is 38.5. The van der Waals surface area contributed by atoms with Crippen LogP contribution in [0.1, 0.15) is 50.3 Å². The highest BCUT2D eigenvalue weighted by Gasteiger charge is 2.50. The number of amides is 2. The highest BCUT2D eigenvalue weighted by Crippen LogP contribution is 2.54. The van der Waals surface area contributed by atoms with Gasteiger partial charge in [0.1, 0.15) is 11.6 Å². The van der Waals surface area contributed by atoms with Crippen LogP contribution in [-0.2, 0) is 22.4 Å². The summed E-state index contributed by atoms with van der Waals surface area (Å²) in [5.41, 5.74) is 1.59. The Hall–Kier alpha value is -3.42. The summed E-state index contributed by atoms with van der Waals surface area (Å²) in [7, 11) is 0. The zero-order chi connectivity index (χ0) is 25.4. The predicted octanol–water partition coefficient (Wildman–Crippen LogP) is 4.17. The monoisotopic (exact) mass is 501 g/mol. The van der Waals surface area contributed by atoms with Crippen molar-refractivity contribution in [2.45, 2.75) is 63.5 Å². The summed E-state index contributed by atoms with van der Waals surface area (Å²) in [6.07, 6.45) is 13.3. The zero-order valence-corrected chi connectivity index (χ0v) is 21.3. The van der Waals surface area contributed by atoms with E-state index in [1.165, 1.54) is 32.1 Å². The number of rotatable bonds is 8. The Kier molecular flexibility index (Phi) is 6.34. The van der Waals surface area contributed by atoms with E-state index in [2.05, 4.69) is 25.6 Å². The number of fused-ring (bicyclic) bond motifs is 1. The van der Waals surface area contributed by atoms with Gasteiger partial charge in [-0.25, -0.2) is 4.79 Å². The molecule has 4 fully saturated rings. The Labute approximate surface area is 217 Å². The first kappa shape index (κ1) is 23.9. The number of alkyl carbamates (subject to hydrolysis) is 1. The smallest absolute Gasteiger partial charge is 0.408 e. The van der Waals surface area contributed by atoms with Crippen molar-refractivity contribution in [1.29, 1.82) is 0 Å². The minimum absolute atomic E-state index is 0.0372. The van der Waals surface area contributed by atoms with Crippen molar-refractivity contribution < 1.29 is 14.3 Å². The number of nitrogens with zero attached hydrogens (tertiary/aromatic N) is 2. The van der Waals surface area contributed by atoms with Crippen molar-refractivity contribution in [3.8, 4) is 0 Å². The molecular weight excluding hydrogens is 466 g/mol. The van der Waals surface area contributed by atoms with E-state index in [9.17, 15) is 9.59 Å². The SMILES string of the molecule is CC(Cc1c[nH]c2ccccc12)(NC(=O)OC1C2CC3CC(C2)CC1C3)C(=O)NCCc1cnccn1. The molecule has 3 aromatic rings. The standard InChI is InChI=1S/C29H35N5O3/c1-29(15-22-16-33-25-5-3-2-4-24(22)25,27(35)32-7-6-23-17-30-8-9-31-23)34-28(36)37-26-20-11-18-10-19(13-20)14-21(26)12-18/h2-5,8-9,16-21,26,33H,6-7,10-15H2,1H3,(H,32,35)(H,34,36). The van der Waals surface area contributed by atoms with Crippen LogP contribution in [0, 0.1) is 23.7 Å². The molecule has 8 heteroatoms. The van der Waals surface area contributed by atoms with E-state index in [1.807, 2.05) is 30.5 Å². The van der Waals surface area contributed by atoms with Crippen LogP contribution in [0.15, 0.2) is 49.1 Å². The molecule has 2 amide bonds. The Morgan fingerprint density at radius 1 is 1.08 bits per heavy atom. The van der Waals surface area contributed by atoms with Crippen molar-refractivity contribution in [1.82, 2.24) is 25.6 Å². The second kappa shape index (κ2) is 9.80. The summed E-state index contributed by atoms with van der Waals surface area (Å²) in [6, 6.07) is 7.99. The van der Waals surface area contributed by atoms with Crippen LogP contribution in [0.4, 0.5) is 4.79 Å². The molecule has 3 N–H and O–H groups in total. The quantitative estimate of drug-likeness (QED) is 0.429. The molecule has 0 spiro atoms. The first-order chi connectivity index (χ1) is 18.0. The number of hydrogen-bond acceptors (Lipinski definition) is 5. The minimum Gasteiger partial charge on any atom is -0.446 e. The van der Waals surface area contributed by atoms with Gasteiger partial charge in [0.25, 0.3) is 0 Å². The van der Waals surface area contributed by atoms with Gasteiger partial charge in [0, 0.05) is 55.1 Å². The molecule has 0 aliphatic heterocycles. The number of para-hydroxylation sites is 1. The third kappa shape index (κ3) is 4.93. The lowest BCUT2D eigenvalue weighted by atomic mass is 9.55. The van der Waals surface area contributed by atoms with Crippen LogP contribution in [0.25, 0.3) is 10.9 Å². The lowest BCUT2D eigenvalue weighted by Gasteiger charge is -2.53. The molecule has 1 aromatic carbocycles. The molecule has 7 rings (SSSR count). The molecule has 2 heterocycles. The van der Waals surface area contributed by atoms with Crippen molar-refractivity contribution in [3.63, 3.8) is 0 Å². The molecule has 0 saturated heterocycles. The fourth-order valence-corrected chi connectivity index (χ4v) is 7.24. The van der Waals surface area contributed by atoms with Gasteiger partial charge in [-0.15, -0.1) is 0 Å². The van der Waals surface area contributed by atoms with Gasteiger partial charge in [-0.05, 0) is 74.3 Å². The number of aromatic amines is 1. The number of aromatic nitrogens is 3. The molecule has 1 atom stereocenters. The molecule has 37 heavy (non-hydrogen) atoms. The fourth-order valence-electron chi connectivity index (χ4n) is 7.24. The first-order valence-electron chi connectivity index (χ1n) is 13.5. The molecule has 1 unspecified atom stereocenters. The molecule has 4 bridgehead atoms. The maximum Gasteiger partial charge on any atom is 0.408 e. The van der Waals surface area contributed by atoms with Crippen LogP contribution in [0.5, 0.6) is 0 Å². The van der Waals surface area contributed by atoms with E-state index in [0.717, 1.165) is 34.0 Å². The van der Waals surface area contributed by atoms with Gasteiger partial charge in [-0.2, -0.15) is 0 Å². The highest BCUT2D eigenvalue weighted by atomic mass is 16.6. The summed E-state index contributed by atoms with van der Waals surface area (Å²) in [5, 5.41) is 7.03. The highest BCUT2D eigenvalue weighted by molar-refractivity contribution is 5.91. The number of nitrogens with one attached hydrogen (secondary N) is 3. The van der Waals surface area contributed by atoms with E-state index in [4.69, 9.17) is 4.74 Å². The summed E-state index contributed by atoms with van der Waals surface area (Å²) < 4.78 is 6.10. The second-order valence-electron chi connectivity index (χ2n) is 11.5. The summed E-state index contributed by atoms with van der Waals surface area (Å²) >= 11 is 0.